The van der Waals surface area contributed by atoms with Crippen molar-refractivity contribution in [3.05, 3.63) is 65.2 Å². The van der Waals surface area contributed by atoms with Crippen LogP contribution in [0.5, 0.6) is 0 Å². The summed E-state index contributed by atoms with van der Waals surface area (Å²) in [4.78, 5) is 12.3. The molecular weight excluding hydrogens is 236 g/mol. The lowest BCUT2D eigenvalue weighted by molar-refractivity contribution is 0.0942. The first kappa shape index (κ1) is 11.8. The van der Waals surface area contributed by atoms with E-state index < -0.39 is 0 Å². The van der Waals surface area contributed by atoms with Crippen LogP contribution < -0.4 is 10.6 Å². The van der Waals surface area contributed by atoms with E-state index in [2.05, 4.69) is 10.6 Å². The lowest BCUT2D eigenvalue weighted by Gasteiger charge is -2.16. The highest BCUT2D eigenvalue weighted by Gasteiger charge is 2.22. The maximum Gasteiger partial charge on any atom is 0.253 e. The Morgan fingerprint density at radius 3 is 2.68 bits per heavy atom. The van der Waals surface area contributed by atoms with E-state index in [0.717, 1.165) is 22.4 Å². The third-order valence-electron chi connectivity index (χ3n) is 3.42. The highest BCUT2D eigenvalue weighted by atomic mass is 16.1. The molecule has 1 aliphatic heterocycles. The van der Waals surface area contributed by atoms with Crippen molar-refractivity contribution in [3.63, 3.8) is 0 Å². The highest BCUT2D eigenvalue weighted by molar-refractivity contribution is 6.00. The standard InChI is InChI=1S/C16H16N2O/c1-11-7-8-14-13(9-11)16(19)18-15(10-17-14)12-5-3-2-4-6-12/h2-9,15,17H,10H2,1H3,(H,18,19). The topological polar surface area (TPSA) is 41.1 Å². The Hall–Kier alpha value is -2.29. The van der Waals surface area contributed by atoms with Gasteiger partial charge in [-0.05, 0) is 24.6 Å². The molecule has 0 spiro atoms. The van der Waals surface area contributed by atoms with E-state index >= 15 is 0 Å². The van der Waals surface area contributed by atoms with Crippen molar-refractivity contribution >= 4 is 11.6 Å². The Morgan fingerprint density at radius 1 is 1.11 bits per heavy atom. The van der Waals surface area contributed by atoms with Gasteiger partial charge in [-0.3, -0.25) is 4.79 Å². The van der Waals surface area contributed by atoms with Gasteiger partial charge in [-0.25, -0.2) is 0 Å². The summed E-state index contributed by atoms with van der Waals surface area (Å²) in [5.74, 6) is -0.0162. The van der Waals surface area contributed by atoms with Crippen LogP contribution in [0.1, 0.15) is 27.5 Å². The van der Waals surface area contributed by atoms with Crippen LogP contribution in [0.3, 0.4) is 0 Å². The molecule has 2 aromatic carbocycles. The van der Waals surface area contributed by atoms with Gasteiger partial charge in [-0.1, -0.05) is 42.0 Å². The quantitative estimate of drug-likeness (QED) is 0.819. The fraction of sp³-hybridized carbons (Fsp3) is 0.188. The molecular formula is C16H16N2O. The van der Waals surface area contributed by atoms with E-state index in [1.54, 1.807) is 0 Å². The van der Waals surface area contributed by atoms with Crippen molar-refractivity contribution in [3.8, 4) is 0 Å². The average Bonchev–Trinajstić information content (AvgIpc) is 2.60. The largest absolute Gasteiger partial charge is 0.382 e. The second kappa shape index (κ2) is 4.76. The van der Waals surface area contributed by atoms with Gasteiger partial charge in [0.25, 0.3) is 5.91 Å². The average molecular weight is 252 g/mol. The Morgan fingerprint density at radius 2 is 1.89 bits per heavy atom. The van der Waals surface area contributed by atoms with Crippen molar-refractivity contribution < 1.29 is 4.79 Å². The minimum atomic E-state index is -0.0162. The van der Waals surface area contributed by atoms with E-state index in [0.29, 0.717) is 6.54 Å². The van der Waals surface area contributed by atoms with Gasteiger partial charge in [-0.15, -0.1) is 0 Å². The summed E-state index contributed by atoms with van der Waals surface area (Å²) < 4.78 is 0. The molecule has 0 bridgehead atoms. The molecule has 19 heavy (non-hydrogen) atoms. The van der Waals surface area contributed by atoms with Crippen LogP contribution in [-0.2, 0) is 0 Å². The Bertz CT molecular complexity index is 607. The van der Waals surface area contributed by atoms with Crippen LogP contribution in [0.4, 0.5) is 5.69 Å². The molecule has 0 aliphatic carbocycles. The summed E-state index contributed by atoms with van der Waals surface area (Å²) in [5, 5.41) is 6.43. The first-order valence-electron chi connectivity index (χ1n) is 6.44. The third-order valence-corrected chi connectivity index (χ3v) is 3.42. The minimum absolute atomic E-state index is 0.00130. The van der Waals surface area contributed by atoms with E-state index in [9.17, 15) is 4.79 Å². The predicted molar refractivity (Wildman–Crippen MR) is 76.3 cm³/mol. The van der Waals surface area contributed by atoms with E-state index in [1.165, 1.54) is 0 Å². The summed E-state index contributed by atoms with van der Waals surface area (Å²) in [6, 6.07) is 15.9. The second-order valence-corrected chi connectivity index (χ2v) is 4.87. The van der Waals surface area contributed by atoms with Crippen LogP contribution in [0, 0.1) is 6.92 Å². The van der Waals surface area contributed by atoms with Crippen LogP contribution in [0.15, 0.2) is 48.5 Å². The molecule has 2 aromatic rings. The van der Waals surface area contributed by atoms with Crippen LogP contribution in [0.2, 0.25) is 0 Å². The van der Waals surface area contributed by atoms with Gasteiger partial charge >= 0.3 is 0 Å². The normalized spacial score (nSPS) is 17.9. The molecule has 0 aromatic heterocycles. The van der Waals surface area contributed by atoms with E-state index in [1.807, 2.05) is 55.5 Å². The number of benzene rings is 2. The van der Waals surface area contributed by atoms with Crippen molar-refractivity contribution in [2.75, 3.05) is 11.9 Å². The first-order valence-corrected chi connectivity index (χ1v) is 6.44. The van der Waals surface area contributed by atoms with Crippen LogP contribution >= 0.6 is 0 Å². The fourth-order valence-electron chi connectivity index (χ4n) is 2.39. The minimum Gasteiger partial charge on any atom is -0.382 e. The molecule has 1 unspecified atom stereocenters. The molecule has 1 heterocycles. The van der Waals surface area contributed by atoms with Crippen LogP contribution in [-0.4, -0.2) is 12.5 Å². The number of carbonyl (C=O) groups excluding carboxylic acids is 1. The van der Waals surface area contributed by atoms with Gasteiger partial charge in [0, 0.05) is 12.2 Å². The van der Waals surface area contributed by atoms with Crippen molar-refractivity contribution in [1.82, 2.24) is 5.32 Å². The molecule has 2 N–H and O–H groups in total. The summed E-state index contributed by atoms with van der Waals surface area (Å²) in [6.07, 6.45) is 0. The highest BCUT2D eigenvalue weighted by Crippen LogP contribution is 2.23. The van der Waals surface area contributed by atoms with Crippen molar-refractivity contribution in [2.45, 2.75) is 13.0 Å². The number of fused-ring (bicyclic) bond motifs is 1. The number of rotatable bonds is 1. The number of carbonyl (C=O) groups is 1. The van der Waals surface area contributed by atoms with Crippen molar-refractivity contribution in [2.24, 2.45) is 0 Å². The van der Waals surface area contributed by atoms with Gasteiger partial charge in [0.1, 0.15) is 0 Å². The molecule has 1 atom stereocenters. The second-order valence-electron chi connectivity index (χ2n) is 4.87. The zero-order valence-electron chi connectivity index (χ0n) is 10.8. The number of aryl methyl sites for hydroxylation is 1. The Kier molecular flexibility index (Phi) is 2.95. The number of nitrogens with one attached hydrogen (secondary N) is 2. The summed E-state index contributed by atoms with van der Waals surface area (Å²) in [5.41, 5.74) is 3.83. The lowest BCUT2D eigenvalue weighted by atomic mass is 10.1. The molecule has 0 fully saturated rings. The Balaban J connectivity index is 1.92. The maximum atomic E-state index is 12.3. The molecule has 0 saturated carbocycles. The number of amides is 1. The van der Waals surface area contributed by atoms with Gasteiger partial charge < -0.3 is 10.6 Å². The van der Waals surface area contributed by atoms with Crippen LogP contribution in [0.25, 0.3) is 0 Å². The third kappa shape index (κ3) is 2.32. The predicted octanol–water partition coefficient (Wildman–Crippen LogP) is 2.89. The number of hydrogen-bond acceptors (Lipinski definition) is 2. The molecule has 0 saturated heterocycles. The fourth-order valence-corrected chi connectivity index (χ4v) is 2.39. The molecule has 96 valence electrons. The molecule has 1 aliphatic rings. The van der Waals surface area contributed by atoms with Gasteiger partial charge in [-0.2, -0.15) is 0 Å². The molecule has 3 rings (SSSR count). The van der Waals surface area contributed by atoms with Gasteiger partial charge in [0.05, 0.1) is 11.6 Å². The van der Waals surface area contributed by atoms with Gasteiger partial charge in [0.2, 0.25) is 0 Å². The maximum absolute atomic E-state index is 12.3. The smallest absolute Gasteiger partial charge is 0.253 e. The lowest BCUT2D eigenvalue weighted by Crippen LogP contribution is -2.29. The Labute approximate surface area is 112 Å². The summed E-state index contributed by atoms with van der Waals surface area (Å²) in [6.45, 7) is 2.69. The molecule has 0 radical (unpaired) electrons. The summed E-state index contributed by atoms with van der Waals surface area (Å²) in [7, 11) is 0. The van der Waals surface area contributed by atoms with Gasteiger partial charge in [0.15, 0.2) is 0 Å². The molecule has 3 heteroatoms. The first-order chi connectivity index (χ1) is 9.24. The van der Waals surface area contributed by atoms with E-state index in [-0.39, 0.29) is 11.9 Å². The molecule has 3 nitrogen and oxygen atoms in total. The monoisotopic (exact) mass is 252 g/mol. The zero-order chi connectivity index (χ0) is 13.2. The number of anilines is 1. The zero-order valence-corrected chi connectivity index (χ0v) is 10.8. The summed E-state index contributed by atoms with van der Waals surface area (Å²) >= 11 is 0. The SMILES string of the molecule is Cc1ccc2c(c1)C(=O)NC(c1ccccc1)CN2. The van der Waals surface area contributed by atoms with E-state index in [4.69, 9.17) is 0 Å². The molecule has 1 amide bonds. The van der Waals surface area contributed by atoms with Crippen molar-refractivity contribution in [1.29, 1.82) is 0 Å². The number of hydrogen-bond donors (Lipinski definition) is 2.